The Hall–Kier alpha value is -3.80. The predicted octanol–water partition coefficient (Wildman–Crippen LogP) is 12.9. The van der Waals surface area contributed by atoms with Crippen LogP contribution in [-0.4, -0.2) is 48.9 Å². The van der Waals surface area contributed by atoms with E-state index in [2.05, 4.69) is 136 Å². The molecule has 0 saturated carbocycles. The van der Waals surface area contributed by atoms with E-state index >= 15 is 0 Å². The zero-order chi connectivity index (χ0) is 41.2. The number of methoxy groups -OCH3 is 1. The van der Waals surface area contributed by atoms with Crippen LogP contribution in [0.5, 0.6) is 0 Å². The van der Waals surface area contributed by atoms with Crippen molar-refractivity contribution >= 4 is 0 Å². The SMILES string of the molecule is C=C.C=C.C=C.C=C.C=C.C=C.C=CC.C=CC.C=CC.C=CC.C=CC.C=CC.C=CC.C=CC.COCCO.OCCO. The number of rotatable bonds is 3. The van der Waals surface area contributed by atoms with Gasteiger partial charge in [0.05, 0.1) is 26.4 Å². The minimum Gasteiger partial charge on any atom is -0.394 e. The molecule has 0 unspecified atom stereocenters. The van der Waals surface area contributed by atoms with Crippen molar-refractivity contribution in [1.29, 1.82) is 0 Å². The van der Waals surface area contributed by atoms with Crippen molar-refractivity contribution in [2.45, 2.75) is 55.4 Å². The van der Waals surface area contributed by atoms with Gasteiger partial charge < -0.3 is 20.1 Å². The van der Waals surface area contributed by atoms with Crippen molar-refractivity contribution in [1.82, 2.24) is 0 Å². The van der Waals surface area contributed by atoms with Gasteiger partial charge in [0.25, 0.3) is 0 Å². The van der Waals surface area contributed by atoms with Gasteiger partial charge in [-0.2, -0.15) is 0 Å². The van der Waals surface area contributed by atoms with Gasteiger partial charge in [-0.25, -0.2) is 0 Å². The van der Waals surface area contributed by atoms with E-state index in [-0.39, 0.29) is 19.8 Å². The van der Waals surface area contributed by atoms with E-state index in [0.717, 1.165) is 0 Å². The van der Waals surface area contributed by atoms with E-state index in [9.17, 15) is 0 Å². The topological polar surface area (TPSA) is 69.9 Å². The molecule has 0 amide bonds. The van der Waals surface area contributed by atoms with Gasteiger partial charge in [-0.15, -0.1) is 132 Å². The summed E-state index contributed by atoms with van der Waals surface area (Å²) in [6.45, 7) is 78.3. The van der Waals surface area contributed by atoms with Crippen molar-refractivity contribution in [3.8, 4) is 0 Å². The van der Waals surface area contributed by atoms with Crippen LogP contribution in [0.1, 0.15) is 55.4 Å². The molecular weight excluding hydrogens is 556 g/mol. The van der Waals surface area contributed by atoms with Crippen LogP contribution < -0.4 is 0 Å². The summed E-state index contributed by atoms with van der Waals surface area (Å²) in [6, 6.07) is 0. The first-order chi connectivity index (χ1) is 21.6. The summed E-state index contributed by atoms with van der Waals surface area (Å²) in [4.78, 5) is 0. The summed E-state index contributed by atoms with van der Waals surface area (Å²) in [5.74, 6) is 0. The molecule has 0 aromatic rings. The average Bonchev–Trinajstić information content (AvgIpc) is 3.07. The maximum atomic E-state index is 7.94. The molecule has 0 fully saturated rings. The van der Waals surface area contributed by atoms with E-state index in [0.29, 0.717) is 6.61 Å². The Morgan fingerprint density at radius 2 is 0.422 bits per heavy atom. The van der Waals surface area contributed by atoms with Gasteiger partial charge >= 0.3 is 0 Å². The molecule has 0 bridgehead atoms. The molecule has 0 radical (unpaired) electrons. The highest BCUT2D eigenvalue weighted by Gasteiger charge is 1.67. The molecule has 0 rings (SSSR count). The van der Waals surface area contributed by atoms with Crippen LogP contribution in [-0.2, 0) is 4.74 Å². The lowest BCUT2D eigenvalue weighted by Crippen LogP contribution is -1.91. The number of ether oxygens (including phenoxy) is 1. The van der Waals surface area contributed by atoms with Gasteiger partial charge in [-0.1, -0.05) is 48.6 Å². The Labute approximate surface area is 288 Å². The molecule has 4 nitrogen and oxygen atoms in total. The molecule has 0 aliphatic rings. The zero-order valence-electron chi connectivity index (χ0n) is 32.3. The molecule has 45 heavy (non-hydrogen) atoms. The maximum absolute atomic E-state index is 7.94. The number of hydrogen-bond donors (Lipinski definition) is 3. The zero-order valence-corrected chi connectivity index (χ0v) is 32.3. The van der Waals surface area contributed by atoms with Crippen molar-refractivity contribution < 1.29 is 20.1 Å². The molecule has 0 aliphatic heterocycles. The summed E-state index contributed by atoms with van der Waals surface area (Å²) in [5.41, 5.74) is 0. The second-order valence-corrected chi connectivity index (χ2v) is 4.43. The van der Waals surface area contributed by atoms with Gasteiger partial charge in [0.2, 0.25) is 0 Å². The number of allylic oxidation sites excluding steroid dienone is 8. The standard InChI is InChI=1S/C3H8O2.8C3H6.C2H6O2.6C2H4/c1-5-3-2-4;8*1-3-2;3-1-2-4;6*1-2/h4H,2-3H2,1H3;8*3H,1H2,2H3;3-4H,1-2H2;6*1-2H2. The molecule has 4 heteroatoms. The van der Waals surface area contributed by atoms with Crippen LogP contribution in [0, 0.1) is 0 Å². The Morgan fingerprint density at radius 3 is 0.422 bits per heavy atom. The first kappa shape index (κ1) is 105. The number of hydrogen-bond acceptors (Lipinski definition) is 4. The first-order valence-electron chi connectivity index (χ1n) is 13.5. The quantitative estimate of drug-likeness (QED) is 0.268. The van der Waals surface area contributed by atoms with Crippen LogP contribution >= 0.6 is 0 Å². The highest BCUT2D eigenvalue weighted by atomic mass is 16.5. The third-order valence-corrected chi connectivity index (χ3v) is 0.395. The van der Waals surface area contributed by atoms with Crippen LogP contribution in [0.3, 0.4) is 0 Å². The van der Waals surface area contributed by atoms with Crippen LogP contribution in [0.15, 0.2) is 180 Å². The van der Waals surface area contributed by atoms with Crippen molar-refractivity contribution in [3.05, 3.63) is 180 Å². The highest BCUT2D eigenvalue weighted by molar-refractivity contribution is 4.53. The molecule has 3 N–H and O–H groups in total. The molecular formula is C41H86O4. The van der Waals surface area contributed by atoms with E-state index in [1.807, 2.05) is 55.4 Å². The van der Waals surface area contributed by atoms with E-state index in [1.54, 1.807) is 55.7 Å². The molecule has 0 aromatic carbocycles. The fourth-order valence-corrected chi connectivity index (χ4v) is 0.0913. The molecule has 0 atom stereocenters. The summed E-state index contributed by atoms with van der Waals surface area (Å²) in [5, 5.41) is 23.2. The molecule has 0 heterocycles. The molecule has 0 aromatic heterocycles. The lowest BCUT2D eigenvalue weighted by molar-refractivity contribution is 0.135. The lowest BCUT2D eigenvalue weighted by atomic mass is 10.8. The van der Waals surface area contributed by atoms with Gasteiger partial charge in [0.1, 0.15) is 0 Å². The Bertz CT molecular complexity index is 271. The third kappa shape index (κ3) is 91700. The van der Waals surface area contributed by atoms with Crippen LogP contribution in [0.25, 0.3) is 0 Å². The Morgan fingerprint density at radius 1 is 0.333 bits per heavy atom. The molecule has 274 valence electrons. The van der Waals surface area contributed by atoms with Crippen molar-refractivity contribution in [2.75, 3.05) is 33.5 Å². The van der Waals surface area contributed by atoms with Crippen LogP contribution in [0.4, 0.5) is 0 Å². The molecule has 0 spiro atoms. The average molecular weight is 643 g/mol. The fourth-order valence-electron chi connectivity index (χ4n) is 0.0913. The first-order valence-corrected chi connectivity index (χ1v) is 13.5. The van der Waals surface area contributed by atoms with E-state index < -0.39 is 0 Å². The molecule has 0 saturated heterocycles. The summed E-state index contributed by atoms with van der Waals surface area (Å²) in [6.07, 6.45) is 14.0. The normalized spacial score (nSPS) is 4.44. The smallest absolute Gasteiger partial charge is 0.0693 e. The minimum absolute atomic E-state index is 0.122. The summed E-state index contributed by atoms with van der Waals surface area (Å²) in [7, 11) is 1.55. The fraction of sp³-hybridized carbons (Fsp3) is 0.317. The largest absolute Gasteiger partial charge is 0.394 e. The second-order valence-electron chi connectivity index (χ2n) is 4.43. The van der Waals surface area contributed by atoms with Crippen molar-refractivity contribution in [2.24, 2.45) is 0 Å². The van der Waals surface area contributed by atoms with Gasteiger partial charge in [0.15, 0.2) is 0 Å². The van der Waals surface area contributed by atoms with E-state index in [4.69, 9.17) is 15.3 Å². The van der Waals surface area contributed by atoms with Gasteiger partial charge in [-0.05, 0) is 55.4 Å². The van der Waals surface area contributed by atoms with Crippen molar-refractivity contribution in [3.63, 3.8) is 0 Å². The maximum Gasteiger partial charge on any atom is 0.0693 e. The minimum atomic E-state index is -0.125. The predicted molar refractivity (Wildman–Crippen MR) is 228 cm³/mol. The van der Waals surface area contributed by atoms with Gasteiger partial charge in [0, 0.05) is 7.11 Å². The Balaban J connectivity index is -0.0000000144. The lowest BCUT2D eigenvalue weighted by Gasteiger charge is -1.84. The summed E-state index contributed by atoms with van der Waals surface area (Å²) >= 11 is 0. The highest BCUT2D eigenvalue weighted by Crippen LogP contribution is 1.56. The Kier molecular flexibility index (Phi) is 1700. The monoisotopic (exact) mass is 643 g/mol. The number of aliphatic hydroxyl groups is 3. The van der Waals surface area contributed by atoms with Crippen LogP contribution in [0.2, 0.25) is 0 Å². The second kappa shape index (κ2) is 730. The summed E-state index contributed by atoms with van der Waals surface area (Å²) < 4.78 is 4.44. The number of aliphatic hydroxyl groups excluding tert-OH is 3. The van der Waals surface area contributed by atoms with E-state index in [1.165, 1.54) is 0 Å². The third-order valence-electron chi connectivity index (χ3n) is 0.395. The van der Waals surface area contributed by atoms with Gasteiger partial charge in [-0.3, -0.25) is 0 Å². The molecule has 0 aliphatic carbocycles.